The van der Waals surface area contributed by atoms with Gasteiger partial charge in [0.05, 0.1) is 12.2 Å². The number of carbonyl (C=O) groups is 1. The molecule has 0 atom stereocenters. The minimum Gasteiger partial charge on any atom is -0.364 e. The molecule has 0 radical (unpaired) electrons. The van der Waals surface area contributed by atoms with Gasteiger partial charge < -0.3 is 11.2 Å². The largest absolute Gasteiger partial charge is 0.364 e. The van der Waals surface area contributed by atoms with Crippen LogP contribution in [0.4, 0.5) is 0 Å². The fourth-order valence-electron chi connectivity index (χ4n) is 3.27. The third-order valence-electron chi connectivity index (χ3n) is 4.48. The number of aryl methyl sites for hydroxylation is 1. The van der Waals surface area contributed by atoms with Crippen LogP contribution in [0.1, 0.15) is 27.2 Å². The van der Waals surface area contributed by atoms with E-state index in [0.717, 1.165) is 35.2 Å². The molecule has 0 saturated carbocycles. The van der Waals surface area contributed by atoms with E-state index in [9.17, 15) is 4.79 Å². The molecule has 0 aliphatic heterocycles. The molecule has 1 aliphatic rings. The molecule has 0 fully saturated rings. The normalized spacial score (nSPS) is 12.4. The number of hydrogen-bond donors (Lipinski definition) is 2. The van der Waals surface area contributed by atoms with Gasteiger partial charge in [-0.2, -0.15) is 4.79 Å². The van der Waals surface area contributed by atoms with E-state index in [1.54, 1.807) is 4.79 Å². The molecule has 1 aliphatic carbocycles. The summed E-state index contributed by atoms with van der Waals surface area (Å²) in [5, 5.41) is 5.13. The molecule has 3 aromatic rings. The number of halogens is 1. The Kier molecular flexibility index (Phi) is 3.93. The zero-order valence-electron chi connectivity index (χ0n) is 13.5. The van der Waals surface area contributed by atoms with Crippen LogP contribution in [0.25, 0.3) is 11.3 Å². The zero-order valence-corrected chi connectivity index (χ0v) is 14.3. The molecule has 0 spiro atoms. The Bertz CT molecular complexity index is 947. The highest BCUT2D eigenvalue weighted by atomic mass is 35.5. The van der Waals surface area contributed by atoms with Gasteiger partial charge in [-0.3, -0.25) is 4.79 Å². The molecule has 5 nitrogen and oxygen atoms in total. The van der Waals surface area contributed by atoms with E-state index in [0.29, 0.717) is 17.3 Å². The zero-order chi connectivity index (χ0) is 17.4. The molecule has 0 saturated heterocycles. The van der Waals surface area contributed by atoms with E-state index in [1.165, 1.54) is 5.56 Å². The van der Waals surface area contributed by atoms with Crippen molar-refractivity contribution in [3.63, 3.8) is 0 Å². The average molecular weight is 353 g/mol. The van der Waals surface area contributed by atoms with Gasteiger partial charge in [0.2, 0.25) is 0 Å². The summed E-state index contributed by atoms with van der Waals surface area (Å²) < 4.78 is 0. The molecule has 25 heavy (non-hydrogen) atoms. The third kappa shape index (κ3) is 2.87. The molecule has 3 N–H and O–H groups in total. The first-order chi connectivity index (χ1) is 12.1. The summed E-state index contributed by atoms with van der Waals surface area (Å²) in [4.78, 5) is 13.5. The van der Waals surface area contributed by atoms with Crippen molar-refractivity contribution in [1.29, 1.82) is 0 Å². The van der Waals surface area contributed by atoms with Crippen molar-refractivity contribution in [3.05, 3.63) is 75.9 Å². The van der Waals surface area contributed by atoms with Crippen molar-refractivity contribution in [1.82, 2.24) is 9.89 Å². The fourth-order valence-corrected chi connectivity index (χ4v) is 3.40. The summed E-state index contributed by atoms with van der Waals surface area (Å²) in [5.74, 6) is -0.498. The van der Waals surface area contributed by atoms with Gasteiger partial charge in [-0.25, -0.2) is 0 Å². The first-order valence-electron chi connectivity index (χ1n) is 8.12. The SMILES string of the molecule is NC(=O)c1nn(NCc2ccc(Cl)cc2)c2c1CCc1ccccc1-2. The Balaban J connectivity index is 1.73. The smallest absolute Gasteiger partial charge is 0.269 e. The highest BCUT2D eigenvalue weighted by Crippen LogP contribution is 2.34. The molecule has 0 unspecified atom stereocenters. The first kappa shape index (κ1) is 15.7. The maximum Gasteiger partial charge on any atom is 0.269 e. The van der Waals surface area contributed by atoms with Gasteiger partial charge in [-0.15, -0.1) is 5.10 Å². The quantitative estimate of drug-likeness (QED) is 0.757. The highest BCUT2D eigenvalue weighted by Gasteiger charge is 2.27. The van der Waals surface area contributed by atoms with Crippen molar-refractivity contribution >= 4 is 17.5 Å². The lowest BCUT2D eigenvalue weighted by atomic mass is 9.89. The number of nitrogens with two attached hydrogens (primary N) is 1. The van der Waals surface area contributed by atoms with Crippen molar-refractivity contribution in [2.24, 2.45) is 5.73 Å². The van der Waals surface area contributed by atoms with Crippen LogP contribution in [0.5, 0.6) is 0 Å². The summed E-state index contributed by atoms with van der Waals surface area (Å²) >= 11 is 5.93. The van der Waals surface area contributed by atoms with Gasteiger partial charge in [0.1, 0.15) is 0 Å². The molecule has 1 heterocycles. The van der Waals surface area contributed by atoms with Crippen LogP contribution in [-0.4, -0.2) is 15.8 Å². The number of benzene rings is 2. The Morgan fingerprint density at radius 1 is 1.16 bits per heavy atom. The van der Waals surface area contributed by atoms with Crippen LogP contribution in [0, 0.1) is 0 Å². The summed E-state index contributed by atoms with van der Waals surface area (Å²) in [6.07, 6.45) is 1.64. The number of fused-ring (bicyclic) bond motifs is 3. The minimum absolute atomic E-state index is 0.341. The lowest BCUT2D eigenvalue weighted by Gasteiger charge is -2.19. The van der Waals surface area contributed by atoms with E-state index in [1.807, 2.05) is 36.4 Å². The molecule has 1 aromatic heterocycles. The van der Waals surface area contributed by atoms with Crippen LogP contribution < -0.4 is 11.2 Å². The summed E-state index contributed by atoms with van der Waals surface area (Å²) in [6, 6.07) is 15.8. The number of rotatable bonds is 4. The van der Waals surface area contributed by atoms with E-state index < -0.39 is 5.91 Å². The first-order valence-corrected chi connectivity index (χ1v) is 8.49. The van der Waals surface area contributed by atoms with Crippen LogP contribution in [0.2, 0.25) is 5.02 Å². The molecule has 0 bridgehead atoms. The number of primary amides is 1. The summed E-state index contributed by atoms with van der Waals surface area (Å²) in [5.41, 5.74) is 14.4. The number of nitrogens with zero attached hydrogens (tertiary/aromatic N) is 2. The van der Waals surface area contributed by atoms with Gasteiger partial charge in [-0.1, -0.05) is 48.0 Å². The van der Waals surface area contributed by atoms with Gasteiger partial charge >= 0.3 is 0 Å². The summed E-state index contributed by atoms with van der Waals surface area (Å²) in [6.45, 7) is 0.561. The Labute approximate surface area is 150 Å². The number of carbonyl (C=O) groups excluding carboxylic acids is 1. The predicted octanol–water partition coefficient (Wildman–Crippen LogP) is 3.14. The molecule has 1 amide bonds. The van der Waals surface area contributed by atoms with Crippen molar-refractivity contribution in [3.8, 4) is 11.3 Å². The van der Waals surface area contributed by atoms with Gasteiger partial charge in [0, 0.05) is 16.1 Å². The van der Waals surface area contributed by atoms with Crippen molar-refractivity contribution in [2.45, 2.75) is 19.4 Å². The number of amides is 1. The number of hydrogen-bond acceptors (Lipinski definition) is 3. The van der Waals surface area contributed by atoms with E-state index in [4.69, 9.17) is 17.3 Å². The molecular formula is C19H17ClN4O. The van der Waals surface area contributed by atoms with E-state index in [2.05, 4.69) is 22.7 Å². The lowest BCUT2D eigenvalue weighted by Crippen LogP contribution is -2.19. The second kappa shape index (κ2) is 6.26. The minimum atomic E-state index is -0.498. The maximum absolute atomic E-state index is 11.8. The number of aromatic nitrogens is 2. The monoisotopic (exact) mass is 352 g/mol. The molecule has 2 aromatic carbocycles. The standard InChI is InChI=1S/C19H17ClN4O/c20-14-8-5-12(6-9-14)11-22-24-18-15-4-2-1-3-13(15)7-10-16(18)17(23-24)19(21)25/h1-6,8-9,22H,7,10-11H2,(H2,21,25). The number of nitrogens with one attached hydrogen (secondary N) is 1. The van der Waals surface area contributed by atoms with Crippen LogP contribution in [-0.2, 0) is 19.4 Å². The highest BCUT2D eigenvalue weighted by molar-refractivity contribution is 6.30. The second-order valence-electron chi connectivity index (χ2n) is 6.07. The van der Waals surface area contributed by atoms with Gasteiger partial charge in [-0.05, 0) is 36.1 Å². The summed E-state index contributed by atoms with van der Waals surface area (Å²) in [7, 11) is 0. The lowest BCUT2D eigenvalue weighted by molar-refractivity contribution is 0.0994. The molecule has 4 rings (SSSR count). The Morgan fingerprint density at radius 2 is 1.92 bits per heavy atom. The molecule has 126 valence electrons. The maximum atomic E-state index is 11.8. The van der Waals surface area contributed by atoms with Crippen molar-refractivity contribution < 1.29 is 4.79 Å². The van der Waals surface area contributed by atoms with Crippen LogP contribution >= 0.6 is 11.6 Å². The topological polar surface area (TPSA) is 72.9 Å². The van der Waals surface area contributed by atoms with Crippen LogP contribution in [0.15, 0.2) is 48.5 Å². The Hall–Kier alpha value is -2.79. The predicted molar refractivity (Wildman–Crippen MR) is 98.1 cm³/mol. The molecule has 6 heteroatoms. The van der Waals surface area contributed by atoms with Gasteiger partial charge in [0.15, 0.2) is 5.69 Å². The van der Waals surface area contributed by atoms with Crippen LogP contribution in [0.3, 0.4) is 0 Å². The molecular weight excluding hydrogens is 336 g/mol. The Morgan fingerprint density at radius 3 is 2.68 bits per heavy atom. The average Bonchev–Trinajstić information content (AvgIpc) is 3.01. The van der Waals surface area contributed by atoms with E-state index in [-0.39, 0.29) is 0 Å². The van der Waals surface area contributed by atoms with Gasteiger partial charge in [0.25, 0.3) is 5.91 Å². The van der Waals surface area contributed by atoms with E-state index >= 15 is 0 Å². The van der Waals surface area contributed by atoms with Crippen molar-refractivity contribution in [2.75, 3.05) is 5.43 Å². The third-order valence-corrected chi connectivity index (χ3v) is 4.73. The second-order valence-corrected chi connectivity index (χ2v) is 6.51. The fraction of sp³-hybridized carbons (Fsp3) is 0.158.